The number of piperidine rings is 4. The van der Waals surface area contributed by atoms with Crippen molar-refractivity contribution in [2.75, 3.05) is 52.4 Å². The van der Waals surface area contributed by atoms with E-state index in [1.165, 1.54) is 36.3 Å². The van der Waals surface area contributed by atoms with E-state index < -0.39 is 39.5 Å². The van der Waals surface area contributed by atoms with Crippen LogP contribution in [0.1, 0.15) is 228 Å². The molecule has 8 aromatic heterocycles. The highest BCUT2D eigenvalue weighted by atomic mass is 32.2. The zero-order valence-corrected chi connectivity index (χ0v) is 62.3. The molecule has 32 nitrogen and oxygen atoms in total. The zero-order chi connectivity index (χ0) is 73.8. The number of fused-ring (bicyclic) bond motifs is 4. The van der Waals surface area contributed by atoms with Gasteiger partial charge >= 0.3 is 0 Å². The van der Waals surface area contributed by atoms with E-state index in [9.17, 15) is 52.8 Å². The first-order valence-corrected chi connectivity index (χ1v) is 40.9. The maximum absolute atomic E-state index is 12.7. The van der Waals surface area contributed by atoms with E-state index in [0.29, 0.717) is 131 Å². The molecule has 6 aliphatic rings. The van der Waals surface area contributed by atoms with Crippen LogP contribution in [0.3, 0.4) is 0 Å². The van der Waals surface area contributed by atoms with E-state index in [1.807, 2.05) is 57.8 Å². The summed E-state index contributed by atoms with van der Waals surface area (Å²) in [6.07, 6.45) is 20.1. The first-order valence-electron chi connectivity index (χ1n) is 34.9. The number of hydrogen-bond donors (Lipinski definition) is 4. The maximum Gasteiger partial charge on any atom is 0.278 e. The Hall–Kier alpha value is -6.70. The average molecular weight is 1480 g/mol. The van der Waals surface area contributed by atoms with Crippen LogP contribution in [-0.4, -0.2) is 211 Å². The summed E-state index contributed by atoms with van der Waals surface area (Å²) in [5.41, 5.74) is 1.97. The molecular weight excluding hydrogens is 1390 g/mol. The van der Waals surface area contributed by atoms with E-state index in [1.54, 1.807) is 22.5 Å². The number of nitrogens with one attached hydrogen (secondary N) is 4. The highest BCUT2D eigenvalue weighted by molar-refractivity contribution is 8.11. The van der Waals surface area contributed by atoms with Gasteiger partial charge in [-0.1, -0.05) is 38.5 Å². The summed E-state index contributed by atoms with van der Waals surface area (Å²) in [7, 11) is 6.05. The summed E-state index contributed by atoms with van der Waals surface area (Å²) in [4.78, 5) is 80.1. The second kappa shape index (κ2) is 30.0. The fourth-order valence-electron chi connectivity index (χ4n) is 14.8. The third kappa shape index (κ3) is 17.1. The highest BCUT2D eigenvalue weighted by Gasteiger charge is 2.35. The van der Waals surface area contributed by atoms with Gasteiger partial charge in [0.1, 0.15) is 44.8 Å². The first kappa shape index (κ1) is 76.4. The van der Waals surface area contributed by atoms with E-state index >= 15 is 0 Å². The van der Waals surface area contributed by atoms with Crippen molar-refractivity contribution in [1.29, 1.82) is 0 Å². The van der Waals surface area contributed by atoms with Gasteiger partial charge in [-0.3, -0.25) is 19.2 Å². The van der Waals surface area contributed by atoms with Gasteiger partial charge in [0.2, 0.25) is 0 Å². The van der Waals surface area contributed by atoms with Gasteiger partial charge in [0.15, 0.2) is 62.1 Å². The van der Waals surface area contributed by atoms with Crippen LogP contribution >= 0.6 is 0 Å². The van der Waals surface area contributed by atoms with Crippen LogP contribution in [0.2, 0.25) is 0 Å². The lowest BCUT2D eigenvalue weighted by molar-refractivity contribution is 0.313. The summed E-state index contributed by atoms with van der Waals surface area (Å²) in [6.45, 7) is 18.0. The third-order valence-corrected chi connectivity index (χ3v) is 24.3. The summed E-state index contributed by atoms with van der Waals surface area (Å²) in [6, 6.07) is 0.542. The topological polar surface area (TPSA) is 404 Å². The van der Waals surface area contributed by atoms with Gasteiger partial charge in [0.25, 0.3) is 50.7 Å². The molecule has 0 spiro atoms. The molecule has 2 saturated carbocycles. The Morgan fingerprint density at radius 2 is 0.706 bits per heavy atom. The van der Waals surface area contributed by atoms with E-state index in [2.05, 4.69) is 50.3 Å². The van der Waals surface area contributed by atoms with Crippen LogP contribution in [0.15, 0.2) is 31.6 Å². The third-order valence-electron chi connectivity index (χ3n) is 20.1. The molecule has 4 unspecified atom stereocenters. The summed E-state index contributed by atoms with van der Waals surface area (Å²) in [5.74, 6) is 1.26. The standard InChI is InChI=1S/C17H24BN5O3S.C16H22BN5O3S.C15H22BN5O3S.C14H20BN5O3S/c1-11-14-16(23(21-11)13-7-3-2-4-8-13)19-15(20-17(14)24)12-6-5-9-22(10-12)27(18,25)26;17-26(24,25)21-8-4-5-11(10-21)14-19-15-13(16(23)20-14)9-18-22(15)12-6-2-1-3-7-12;1-9-11-13(21(19-9)15(2,3)4)17-12(18-14(11)22)10-6-5-7-20(8-10)25(16,23)24;1-14(2,3)20-12-10(7-16-20)13(21)18-11(17-12)9-5-4-6-19(8-9)24(15,22)23/h12-13H,2-10H2,1H3,(H,19,20,24);9,11-12H,1-8,10H2,(H,19,20,23);10H,5-8H2,1-4H3,(H,17,18,22);7,9H,4-6,8H2,1-3H3,(H,17,18,21). The monoisotopic (exact) mass is 1480 g/mol. The highest BCUT2D eigenvalue weighted by Crippen LogP contribution is 2.35. The zero-order valence-electron chi connectivity index (χ0n) is 59.0. The minimum atomic E-state index is -3.75. The Morgan fingerprint density at radius 3 is 1.10 bits per heavy atom. The van der Waals surface area contributed by atoms with Gasteiger partial charge in [0.05, 0.1) is 46.9 Å². The van der Waals surface area contributed by atoms with Gasteiger partial charge in [-0.15, -0.1) is 0 Å². The van der Waals surface area contributed by atoms with Crippen LogP contribution < -0.4 is 22.2 Å². The Labute approximate surface area is 597 Å². The molecule has 4 saturated heterocycles. The predicted molar refractivity (Wildman–Crippen MR) is 389 cm³/mol. The van der Waals surface area contributed by atoms with E-state index in [0.717, 1.165) is 77.0 Å². The molecule has 2 aliphatic carbocycles. The molecule has 4 N–H and O–H groups in total. The molecule has 14 rings (SSSR count). The average Bonchev–Trinajstić information content (AvgIpc) is 1.61. The summed E-state index contributed by atoms with van der Waals surface area (Å²) < 4.78 is 105. The minimum absolute atomic E-state index is 0.172. The lowest BCUT2D eigenvalue weighted by Gasteiger charge is -2.30. The van der Waals surface area contributed by atoms with Crippen molar-refractivity contribution in [2.45, 2.75) is 218 Å². The van der Waals surface area contributed by atoms with E-state index in [4.69, 9.17) is 38.5 Å². The van der Waals surface area contributed by atoms with Crippen molar-refractivity contribution >= 4 is 112 Å². The number of nitrogens with zero attached hydrogens (tertiary/aromatic N) is 16. The molecule has 102 heavy (non-hydrogen) atoms. The molecule has 40 heteroatoms. The molecule has 0 aromatic carbocycles. The van der Waals surface area contributed by atoms with Crippen molar-refractivity contribution in [2.24, 2.45) is 0 Å². The number of hydrogen-bond acceptors (Lipinski definition) is 20. The first-order chi connectivity index (χ1) is 47.8. The smallest absolute Gasteiger partial charge is 0.278 e. The lowest BCUT2D eigenvalue weighted by atomic mass is 9.95. The van der Waals surface area contributed by atoms with Crippen molar-refractivity contribution in [3.05, 3.63) is 88.5 Å². The van der Waals surface area contributed by atoms with Crippen LogP contribution in [-0.2, 0) is 50.6 Å². The van der Waals surface area contributed by atoms with E-state index in [-0.39, 0.29) is 95.2 Å². The number of aromatic amines is 4. The molecule has 544 valence electrons. The fraction of sp³-hybridized carbons (Fsp3) is 0.677. The Balaban J connectivity index is 0.000000137. The summed E-state index contributed by atoms with van der Waals surface area (Å²) in [5, 5.41) is 19.7. The molecule has 0 amide bonds. The van der Waals surface area contributed by atoms with Crippen molar-refractivity contribution in [3.63, 3.8) is 0 Å². The van der Waals surface area contributed by atoms with Gasteiger partial charge < -0.3 is 19.9 Å². The number of aryl methyl sites for hydroxylation is 2. The largest absolute Gasteiger partial charge is 0.310 e. The van der Waals surface area contributed by atoms with Gasteiger partial charge in [-0.05, 0) is 132 Å². The number of aromatic nitrogens is 16. The van der Waals surface area contributed by atoms with Gasteiger partial charge in [-0.25, -0.2) is 89.6 Å². The molecule has 12 heterocycles. The molecule has 4 aliphatic heterocycles. The normalized spacial score (nSPS) is 21.9. The molecular formula is C62H88B4N20O12S4. The van der Waals surface area contributed by atoms with Crippen LogP contribution in [0.25, 0.3) is 44.1 Å². The fourth-order valence-corrected chi connectivity index (χ4v) is 17.9. The SMILES string of the molecule is [B]S(=O)(=O)N1CCCC(c2nc3c(c(C)nn3C(C)(C)C)c(=O)[nH]2)C1.[B]S(=O)(=O)N1CCCC(c2nc3c(c(C)nn3C3CCCCC3)c(=O)[nH]2)C1.[B]S(=O)(=O)N1CCCC(c2nc3c(cnn3C(C)(C)C)c(=O)[nH]2)C1.[B]S(=O)(=O)N1CCCC(c2nc3c(cnn3C3CCCCC3)c(=O)[nH]2)C1. The van der Waals surface area contributed by atoms with Crippen molar-refractivity contribution in [3.8, 4) is 0 Å². The summed E-state index contributed by atoms with van der Waals surface area (Å²) >= 11 is 0. The quantitative estimate of drug-likeness (QED) is 0.141. The number of rotatable bonds is 10. The Morgan fingerprint density at radius 1 is 0.382 bits per heavy atom. The Kier molecular flexibility index (Phi) is 22.5. The van der Waals surface area contributed by atoms with Crippen LogP contribution in [0.4, 0.5) is 0 Å². The predicted octanol–water partition coefficient (Wildman–Crippen LogP) is 3.99. The molecule has 8 aromatic rings. The minimum Gasteiger partial charge on any atom is -0.310 e. The van der Waals surface area contributed by atoms with Crippen LogP contribution in [0, 0.1) is 13.8 Å². The second-order valence-corrected chi connectivity index (χ2v) is 35.9. The van der Waals surface area contributed by atoms with Gasteiger partial charge in [0, 0.05) is 76.0 Å². The molecule has 0 bridgehead atoms. The van der Waals surface area contributed by atoms with Crippen LogP contribution in [0.5, 0.6) is 0 Å². The van der Waals surface area contributed by atoms with Crippen molar-refractivity contribution in [1.82, 2.24) is 96.2 Å². The molecule has 8 radical (unpaired) electrons. The maximum atomic E-state index is 12.7. The lowest BCUT2D eigenvalue weighted by Crippen LogP contribution is -2.39. The molecule has 6 fully saturated rings. The molecule has 4 atom stereocenters. The second-order valence-electron chi connectivity index (χ2n) is 29.7. The van der Waals surface area contributed by atoms with Crippen molar-refractivity contribution < 1.29 is 33.7 Å². The Bertz CT molecular complexity index is 5150. The van der Waals surface area contributed by atoms with Gasteiger partial charge in [-0.2, -0.15) is 20.4 Å². The number of H-pyrrole nitrogens is 4.